The minimum absolute atomic E-state index is 0.747. The third-order valence-corrected chi connectivity index (χ3v) is 10.9. The van der Waals surface area contributed by atoms with E-state index in [-0.39, 0.29) is 0 Å². The van der Waals surface area contributed by atoms with Gasteiger partial charge in [-0.1, -0.05) is 146 Å². The van der Waals surface area contributed by atoms with Crippen molar-refractivity contribution < 1.29 is 4.42 Å². The monoisotopic (exact) mass is 718 g/mol. The number of fused-ring (bicyclic) bond motifs is 4. The highest BCUT2D eigenvalue weighted by Gasteiger charge is 2.17. The molecule has 8 aromatic carbocycles. The fourth-order valence-electron chi connectivity index (χ4n) is 8.00. The van der Waals surface area contributed by atoms with Gasteiger partial charge in [-0.05, 0) is 112 Å². The number of furan rings is 1. The second-order valence-corrected chi connectivity index (χ2v) is 14.5. The van der Waals surface area contributed by atoms with Crippen molar-refractivity contribution in [2.45, 2.75) is 19.8 Å². The Morgan fingerprint density at radius 2 is 1.02 bits per heavy atom. The first-order valence-electron chi connectivity index (χ1n) is 19.3. The standard InChI is InChI=1S/C53H38N2O/c1-35-26-28-39(43-32-41(37-15-4-2-5-16-37)31-42(33-43)38-17-6-3-7-18-38)34-47(35)52-50(54-48-23-9-10-24-49(48)55-52)29-27-36-14-12-19-40(30-36)44-21-13-22-46-45-20-8-11-25-51(45)56-53(44)46/h2-26,28,30-34H,27,29H2,1H3. The second-order valence-electron chi connectivity index (χ2n) is 14.5. The topological polar surface area (TPSA) is 38.9 Å². The van der Waals surface area contributed by atoms with Crippen molar-refractivity contribution in [3.63, 3.8) is 0 Å². The van der Waals surface area contributed by atoms with Gasteiger partial charge in [0.05, 0.1) is 22.4 Å². The van der Waals surface area contributed by atoms with Gasteiger partial charge in [0.2, 0.25) is 0 Å². The summed E-state index contributed by atoms with van der Waals surface area (Å²) >= 11 is 0. The van der Waals surface area contributed by atoms with Gasteiger partial charge < -0.3 is 4.42 Å². The van der Waals surface area contributed by atoms with Crippen LogP contribution in [0.4, 0.5) is 0 Å². The van der Waals surface area contributed by atoms with Crippen molar-refractivity contribution >= 4 is 33.0 Å². The Morgan fingerprint density at radius 1 is 0.411 bits per heavy atom. The molecule has 0 atom stereocenters. The number of benzene rings is 8. The molecule has 0 bridgehead atoms. The Bertz CT molecular complexity index is 2980. The van der Waals surface area contributed by atoms with Gasteiger partial charge in [-0.3, -0.25) is 0 Å². The first kappa shape index (κ1) is 33.5. The van der Waals surface area contributed by atoms with Gasteiger partial charge in [0.25, 0.3) is 0 Å². The fourth-order valence-corrected chi connectivity index (χ4v) is 8.00. The molecule has 0 aliphatic carbocycles. The van der Waals surface area contributed by atoms with Crippen LogP contribution in [0.1, 0.15) is 16.8 Å². The zero-order valence-corrected chi connectivity index (χ0v) is 31.1. The molecule has 3 nitrogen and oxygen atoms in total. The smallest absolute Gasteiger partial charge is 0.143 e. The highest BCUT2D eigenvalue weighted by molar-refractivity contribution is 6.09. The number of rotatable bonds is 8. The van der Waals surface area contributed by atoms with E-state index in [1.165, 1.54) is 33.4 Å². The first-order chi connectivity index (χ1) is 27.6. The lowest BCUT2D eigenvalue weighted by Crippen LogP contribution is -2.03. The summed E-state index contributed by atoms with van der Waals surface area (Å²) in [6, 6.07) is 66.7. The molecule has 0 amide bonds. The van der Waals surface area contributed by atoms with Crippen LogP contribution in [0.3, 0.4) is 0 Å². The number of hydrogen-bond donors (Lipinski definition) is 0. The van der Waals surface area contributed by atoms with E-state index in [2.05, 4.69) is 171 Å². The van der Waals surface area contributed by atoms with Crippen molar-refractivity contribution in [1.29, 1.82) is 0 Å². The summed E-state index contributed by atoms with van der Waals surface area (Å²) in [4.78, 5) is 10.6. The van der Waals surface area contributed by atoms with Crippen molar-refractivity contribution in [3.05, 3.63) is 205 Å². The highest BCUT2D eigenvalue weighted by atomic mass is 16.3. The van der Waals surface area contributed by atoms with E-state index >= 15 is 0 Å². The van der Waals surface area contributed by atoms with E-state index in [1.54, 1.807) is 0 Å². The Morgan fingerprint density at radius 3 is 1.77 bits per heavy atom. The van der Waals surface area contributed by atoms with E-state index in [9.17, 15) is 0 Å². The predicted molar refractivity (Wildman–Crippen MR) is 233 cm³/mol. The maximum absolute atomic E-state index is 6.41. The number of aryl methyl sites for hydroxylation is 3. The van der Waals surface area contributed by atoms with Gasteiger partial charge in [0.1, 0.15) is 11.2 Å². The molecule has 0 saturated carbocycles. The quantitative estimate of drug-likeness (QED) is 0.157. The molecule has 10 rings (SSSR count). The summed E-state index contributed by atoms with van der Waals surface area (Å²) in [6.45, 7) is 2.18. The Balaban J connectivity index is 1.04. The van der Waals surface area contributed by atoms with Crippen LogP contribution in [0.25, 0.3) is 88.7 Å². The van der Waals surface area contributed by atoms with Crippen LogP contribution in [0, 0.1) is 6.92 Å². The zero-order valence-electron chi connectivity index (χ0n) is 31.1. The minimum atomic E-state index is 0.747. The number of hydrogen-bond acceptors (Lipinski definition) is 3. The van der Waals surface area contributed by atoms with Gasteiger partial charge in [-0.2, -0.15) is 0 Å². The molecule has 0 radical (unpaired) electrons. The number of aromatic nitrogens is 2. The van der Waals surface area contributed by atoms with Crippen molar-refractivity contribution in [2.75, 3.05) is 0 Å². The normalized spacial score (nSPS) is 11.4. The lowest BCUT2D eigenvalue weighted by Gasteiger charge is -2.16. The molecular formula is C53H38N2O. The average molecular weight is 719 g/mol. The summed E-state index contributed by atoms with van der Waals surface area (Å²) in [5, 5.41) is 2.28. The summed E-state index contributed by atoms with van der Waals surface area (Å²) < 4.78 is 6.41. The SMILES string of the molecule is Cc1ccc(-c2cc(-c3ccccc3)cc(-c3ccccc3)c2)cc1-c1nc2ccccc2nc1CCc1cccc(-c2cccc3c2oc2ccccc23)c1. The fraction of sp³-hybridized carbons (Fsp3) is 0.0566. The molecule has 10 aromatic rings. The van der Waals surface area contributed by atoms with E-state index in [1.807, 2.05) is 24.3 Å². The van der Waals surface area contributed by atoms with E-state index < -0.39 is 0 Å². The zero-order chi connectivity index (χ0) is 37.4. The number of para-hydroxylation sites is 4. The molecule has 0 spiro atoms. The molecule has 2 heterocycles. The highest BCUT2D eigenvalue weighted by Crippen LogP contribution is 2.38. The van der Waals surface area contributed by atoms with Gasteiger partial charge in [0, 0.05) is 21.9 Å². The first-order valence-corrected chi connectivity index (χ1v) is 19.3. The van der Waals surface area contributed by atoms with Crippen LogP contribution in [0.15, 0.2) is 192 Å². The van der Waals surface area contributed by atoms with Crippen LogP contribution in [0.5, 0.6) is 0 Å². The van der Waals surface area contributed by atoms with Gasteiger partial charge in [0.15, 0.2) is 0 Å². The molecule has 0 unspecified atom stereocenters. The Hall–Kier alpha value is -7.10. The lowest BCUT2D eigenvalue weighted by atomic mass is 9.91. The maximum Gasteiger partial charge on any atom is 0.143 e. The third-order valence-electron chi connectivity index (χ3n) is 10.9. The molecule has 0 saturated heterocycles. The van der Waals surface area contributed by atoms with E-state index in [0.29, 0.717) is 0 Å². The Kier molecular flexibility index (Phi) is 8.53. The van der Waals surface area contributed by atoms with Crippen LogP contribution >= 0.6 is 0 Å². The van der Waals surface area contributed by atoms with Gasteiger partial charge in [-0.15, -0.1) is 0 Å². The second kappa shape index (κ2) is 14.3. The average Bonchev–Trinajstić information content (AvgIpc) is 3.65. The van der Waals surface area contributed by atoms with Crippen LogP contribution in [-0.2, 0) is 12.8 Å². The van der Waals surface area contributed by atoms with Crippen molar-refractivity contribution in [1.82, 2.24) is 9.97 Å². The van der Waals surface area contributed by atoms with Crippen molar-refractivity contribution in [3.8, 4) is 55.8 Å². The third kappa shape index (κ3) is 6.33. The summed E-state index contributed by atoms with van der Waals surface area (Å²) in [7, 11) is 0. The van der Waals surface area contributed by atoms with E-state index in [4.69, 9.17) is 14.4 Å². The molecule has 3 heteroatoms. The summed E-state index contributed by atoms with van der Waals surface area (Å²) in [5.41, 5.74) is 18.4. The molecule has 0 aliphatic heterocycles. The van der Waals surface area contributed by atoms with Crippen LogP contribution < -0.4 is 0 Å². The van der Waals surface area contributed by atoms with Gasteiger partial charge >= 0.3 is 0 Å². The molecule has 266 valence electrons. The lowest BCUT2D eigenvalue weighted by molar-refractivity contribution is 0.670. The number of nitrogens with zero attached hydrogens (tertiary/aromatic N) is 2. The molecule has 56 heavy (non-hydrogen) atoms. The molecular weight excluding hydrogens is 681 g/mol. The van der Waals surface area contributed by atoms with Gasteiger partial charge in [-0.25, -0.2) is 9.97 Å². The van der Waals surface area contributed by atoms with E-state index in [0.717, 1.165) is 85.0 Å². The Labute approximate surface area is 326 Å². The van der Waals surface area contributed by atoms with Crippen LogP contribution in [-0.4, -0.2) is 9.97 Å². The molecule has 0 aliphatic rings. The maximum atomic E-state index is 6.41. The molecule has 0 fully saturated rings. The summed E-state index contributed by atoms with van der Waals surface area (Å²) in [6.07, 6.45) is 1.57. The van der Waals surface area contributed by atoms with Crippen LogP contribution in [0.2, 0.25) is 0 Å². The largest absolute Gasteiger partial charge is 0.455 e. The van der Waals surface area contributed by atoms with Crippen molar-refractivity contribution in [2.24, 2.45) is 0 Å². The molecule has 2 aromatic heterocycles. The molecule has 0 N–H and O–H groups in total. The predicted octanol–water partition coefficient (Wildman–Crippen LogP) is 14.0. The minimum Gasteiger partial charge on any atom is -0.455 e. The summed E-state index contributed by atoms with van der Waals surface area (Å²) in [5.74, 6) is 0.